The van der Waals surface area contributed by atoms with E-state index >= 15 is 0 Å². The molecular weight excluding hydrogens is 326 g/mol. The lowest BCUT2D eigenvalue weighted by molar-refractivity contribution is 0.182. The van der Waals surface area contributed by atoms with Crippen molar-refractivity contribution in [2.75, 3.05) is 20.3 Å². The topological polar surface area (TPSA) is 63.5 Å². The number of aliphatic imine (C=N–C) groups is 1. The van der Waals surface area contributed by atoms with Gasteiger partial charge in [0.25, 0.3) is 0 Å². The predicted molar refractivity (Wildman–Crippen MR) is 110 cm³/mol. The number of rotatable bonds is 12. The molecule has 0 radical (unpaired) electrons. The molecule has 26 heavy (non-hydrogen) atoms. The molecule has 2 N–H and O–H groups in total. The molecule has 0 aliphatic heterocycles. The average Bonchev–Trinajstić information content (AvgIpc) is 2.88. The molecule has 0 fully saturated rings. The van der Waals surface area contributed by atoms with Crippen molar-refractivity contribution in [3.05, 3.63) is 17.0 Å². The molecule has 0 aromatic carbocycles. The van der Waals surface area contributed by atoms with Crippen molar-refractivity contribution in [1.29, 1.82) is 0 Å². The van der Waals surface area contributed by atoms with Crippen molar-refractivity contribution in [2.24, 2.45) is 4.99 Å². The van der Waals surface area contributed by atoms with Crippen molar-refractivity contribution < 1.29 is 4.74 Å². The Morgan fingerprint density at radius 3 is 2.65 bits per heavy atom. The Labute approximate surface area is 159 Å². The van der Waals surface area contributed by atoms with Gasteiger partial charge in [-0.25, -0.2) is 4.99 Å². The highest BCUT2D eigenvalue weighted by Gasteiger charge is 2.12. The molecule has 0 aliphatic carbocycles. The first kappa shape index (κ1) is 22.5. The minimum Gasteiger partial charge on any atom is -0.383 e. The van der Waals surface area contributed by atoms with Gasteiger partial charge in [0.2, 0.25) is 0 Å². The normalized spacial score (nSPS) is 13.1. The van der Waals surface area contributed by atoms with E-state index in [0.29, 0.717) is 19.2 Å². The summed E-state index contributed by atoms with van der Waals surface area (Å²) in [5, 5.41) is 11.5. The number of unbranched alkanes of at least 4 members (excludes halogenated alkanes) is 3. The molecule has 1 rings (SSSR count). The quantitative estimate of drug-likeness (QED) is 0.338. The monoisotopic (exact) mass is 365 g/mol. The van der Waals surface area contributed by atoms with Crippen LogP contribution in [0.15, 0.2) is 4.99 Å². The van der Waals surface area contributed by atoms with E-state index in [-0.39, 0.29) is 0 Å². The fraction of sp³-hybridized carbons (Fsp3) is 0.800. The predicted octanol–water partition coefficient (Wildman–Crippen LogP) is 3.56. The van der Waals surface area contributed by atoms with Crippen molar-refractivity contribution in [1.82, 2.24) is 20.4 Å². The molecule has 1 aromatic rings. The summed E-state index contributed by atoms with van der Waals surface area (Å²) in [5.74, 6) is 0.888. The highest BCUT2D eigenvalue weighted by Crippen LogP contribution is 2.14. The van der Waals surface area contributed by atoms with Gasteiger partial charge in [-0.05, 0) is 34.1 Å². The minimum atomic E-state index is 0.427. The van der Waals surface area contributed by atoms with Crippen LogP contribution in [0, 0.1) is 13.8 Å². The van der Waals surface area contributed by atoms with Crippen LogP contribution in [0.1, 0.15) is 69.8 Å². The Morgan fingerprint density at radius 2 is 2.00 bits per heavy atom. The van der Waals surface area contributed by atoms with E-state index in [1.807, 2.05) is 4.68 Å². The number of hydrogen-bond acceptors (Lipinski definition) is 3. The molecule has 1 unspecified atom stereocenters. The van der Waals surface area contributed by atoms with Gasteiger partial charge in [0, 0.05) is 31.0 Å². The number of nitrogens with zero attached hydrogens (tertiary/aromatic N) is 3. The molecule has 0 aliphatic rings. The first-order valence-electron chi connectivity index (χ1n) is 10.1. The molecule has 1 aromatic heterocycles. The summed E-state index contributed by atoms with van der Waals surface area (Å²) in [5.41, 5.74) is 3.42. The molecular formula is C20H39N5O. The number of nitrogens with one attached hydrogen (secondary N) is 2. The third kappa shape index (κ3) is 7.77. The van der Waals surface area contributed by atoms with Crippen LogP contribution in [0.25, 0.3) is 0 Å². The molecule has 6 nitrogen and oxygen atoms in total. The summed E-state index contributed by atoms with van der Waals surface area (Å²) in [6.07, 6.45) is 6.37. The smallest absolute Gasteiger partial charge is 0.191 e. The second kappa shape index (κ2) is 12.7. The van der Waals surface area contributed by atoms with E-state index in [9.17, 15) is 0 Å². The van der Waals surface area contributed by atoms with Gasteiger partial charge in [0.05, 0.1) is 25.4 Å². The van der Waals surface area contributed by atoms with Gasteiger partial charge in [-0.3, -0.25) is 4.68 Å². The summed E-state index contributed by atoms with van der Waals surface area (Å²) in [6, 6.07) is 0.427. The zero-order chi connectivity index (χ0) is 19.4. The van der Waals surface area contributed by atoms with Crippen molar-refractivity contribution in [3.8, 4) is 0 Å². The standard InChI is InChI=1S/C20H39N5O/c1-7-9-10-11-12-16(3)23-20(21-8-2)22-15-19-17(4)24-25(18(19)5)13-14-26-6/h16H,7-15H2,1-6H3,(H2,21,22,23). The zero-order valence-electron chi connectivity index (χ0n) is 17.7. The van der Waals surface area contributed by atoms with Crippen LogP contribution in [0.5, 0.6) is 0 Å². The van der Waals surface area contributed by atoms with Crippen molar-refractivity contribution >= 4 is 5.96 Å². The van der Waals surface area contributed by atoms with Crippen molar-refractivity contribution in [3.63, 3.8) is 0 Å². The second-order valence-corrected chi connectivity index (χ2v) is 6.96. The Balaban J connectivity index is 2.67. The lowest BCUT2D eigenvalue weighted by Crippen LogP contribution is -2.42. The average molecular weight is 366 g/mol. The van der Waals surface area contributed by atoms with Crippen LogP contribution in [-0.2, 0) is 17.8 Å². The molecule has 0 saturated carbocycles. The molecule has 150 valence electrons. The Kier molecular flexibility index (Phi) is 11.0. The Morgan fingerprint density at radius 1 is 1.23 bits per heavy atom. The maximum atomic E-state index is 5.16. The number of guanidine groups is 1. The lowest BCUT2D eigenvalue weighted by Gasteiger charge is -2.17. The Bertz CT molecular complexity index is 539. The first-order valence-corrected chi connectivity index (χ1v) is 10.1. The number of aryl methyl sites for hydroxylation is 1. The summed E-state index contributed by atoms with van der Waals surface area (Å²) >= 11 is 0. The Hall–Kier alpha value is -1.56. The van der Waals surface area contributed by atoms with E-state index in [1.54, 1.807) is 7.11 Å². The van der Waals surface area contributed by atoms with E-state index in [2.05, 4.69) is 50.4 Å². The third-order valence-electron chi connectivity index (χ3n) is 4.65. The van der Waals surface area contributed by atoms with Gasteiger partial charge in [-0.2, -0.15) is 5.10 Å². The first-order chi connectivity index (χ1) is 12.5. The number of methoxy groups -OCH3 is 1. The SMILES string of the molecule is CCCCCCC(C)NC(=NCc1c(C)nn(CCOC)c1C)NCC. The fourth-order valence-corrected chi connectivity index (χ4v) is 3.02. The number of ether oxygens (including phenoxy) is 1. The van der Waals surface area contributed by atoms with Crippen LogP contribution in [0.4, 0.5) is 0 Å². The van der Waals surface area contributed by atoms with Gasteiger partial charge in [-0.15, -0.1) is 0 Å². The third-order valence-corrected chi connectivity index (χ3v) is 4.65. The summed E-state index contributed by atoms with van der Waals surface area (Å²) < 4.78 is 7.18. The molecule has 1 atom stereocenters. The largest absolute Gasteiger partial charge is 0.383 e. The molecule has 0 spiro atoms. The van der Waals surface area contributed by atoms with Gasteiger partial charge >= 0.3 is 0 Å². The van der Waals surface area contributed by atoms with E-state index < -0.39 is 0 Å². The molecule has 0 amide bonds. The van der Waals surface area contributed by atoms with Crippen molar-refractivity contribution in [2.45, 2.75) is 85.9 Å². The maximum Gasteiger partial charge on any atom is 0.191 e. The lowest BCUT2D eigenvalue weighted by atomic mass is 10.1. The van der Waals surface area contributed by atoms with Gasteiger partial charge in [0.1, 0.15) is 0 Å². The van der Waals surface area contributed by atoms with Gasteiger partial charge in [-0.1, -0.05) is 32.6 Å². The highest BCUT2D eigenvalue weighted by molar-refractivity contribution is 5.80. The van der Waals surface area contributed by atoms with Crippen LogP contribution < -0.4 is 10.6 Å². The number of hydrogen-bond donors (Lipinski definition) is 2. The van der Waals surface area contributed by atoms with E-state index in [4.69, 9.17) is 9.73 Å². The summed E-state index contributed by atoms with van der Waals surface area (Å²) in [4.78, 5) is 4.79. The van der Waals surface area contributed by atoms with Gasteiger partial charge < -0.3 is 15.4 Å². The zero-order valence-corrected chi connectivity index (χ0v) is 17.7. The van der Waals surface area contributed by atoms with E-state index in [1.165, 1.54) is 43.4 Å². The summed E-state index contributed by atoms with van der Waals surface area (Å²) in [7, 11) is 1.72. The number of aromatic nitrogens is 2. The summed E-state index contributed by atoms with van der Waals surface area (Å²) in [6.45, 7) is 13.7. The van der Waals surface area contributed by atoms with Crippen LogP contribution in [0.3, 0.4) is 0 Å². The maximum absolute atomic E-state index is 5.16. The van der Waals surface area contributed by atoms with Crippen LogP contribution in [-0.4, -0.2) is 42.0 Å². The molecule has 0 saturated heterocycles. The fourth-order valence-electron chi connectivity index (χ4n) is 3.02. The van der Waals surface area contributed by atoms with Crippen LogP contribution >= 0.6 is 0 Å². The molecule has 1 heterocycles. The van der Waals surface area contributed by atoms with Gasteiger partial charge in [0.15, 0.2) is 5.96 Å². The van der Waals surface area contributed by atoms with E-state index in [0.717, 1.165) is 24.7 Å². The highest BCUT2D eigenvalue weighted by atomic mass is 16.5. The minimum absolute atomic E-state index is 0.427. The molecule has 0 bridgehead atoms. The van der Waals surface area contributed by atoms with Crippen LogP contribution in [0.2, 0.25) is 0 Å². The molecule has 6 heteroatoms. The second-order valence-electron chi connectivity index (χ2n) is 6.96.